The third-order valence-electron chi connectivity index (χ3n) is 2.99. The van der Waals surface area contributed by atoms with E-state index in [1.807, 2.05) is 4.90 Å². The molecule has 5 nitrogen and oxygen atoms in total. The van der Waals surface area contributed by atoms with Gasteiger partial charge < -0.3 is 9.84 Å². The fraction of sp³-hybridized carbons (Fsp3) is 0.636. The average molecular weight is 256 g/mol. The fourth-order valence-electron chi connectivity index (χ4n) is 2.17. The van der Waals surface area contributed by atoms with E-state index in [0.717, 1.165) is 17.8 Å². The Kier molecular flexibility index (Phi) is 4.09. The normalized spacial score (nSPS) is 25.8. The Morgan fingerprint density at radius 2 is 2.59 bits per heavy atom. The molecule has 0 unspecified atom stereocenters. The fourth-order valence-corrected chi connectivity index (χ4v) is 2.79. The number of aromatic nitrogens is 1. The van der Waals surface area contributed by atoms with E-state index in [0.29, 0.717) is 13.0 Å². The molecule has 1 aromatic rings. The molecule has 0 bridgehead atoms. The minimum atomic E-state index is -0.635. The molecule has 6 heteroatoms. The molecule has 1 N–H and O–H groups in total. The van der Waals surface area contributed by atoms with Crippen LogP contribution in [-0.4, -0.2) is 46.8 Å². The molecule has 2 atom stereocenters. The van der Waals surface area contributed by atoms with Crippen molar-refractivity contribution in [2.75, 3.05) is 13.7 Å². The van der Waals surface area contributed by atoms with Crippen LogP contribution in [0.1, 0.15) is 17.7 Å². The Bertz CT molecular complexity index is 369. The van der Waals surface area contributed by atoms with Gasteiger partial charge in [-0.05, 0) is 19.4 Å². The number of rotatable bonds is 3. The van der Waals surface area contributed by atoms with Crippen LogP contribution in [0.4, 0.5) is 0 Å². The van der Waals surface area contributed by atoms with Gasteiger partial charge in [-0.15, -0.1) is 11.3 Å². The highest BCUT2D eigenvalue weighted by atomic mass is 32.1. The number of esters is 1. The van der Waals surface area contributed by atoms with E-state index in [2.05, 4.69) is 4.98 Å². The van der Waals surface area contributed by atoms with Crippen molar-refractivity contribution in [3.63, 3.8) is 0 Å². The van der Waals surface area contributed by atoms with Crippen molar-refractivity contribution in [1.29, 1.82) is 0 Å². The number of ether oxygens (including phenoxy) is 1. The molecule has 17 heavy (non-hydrogen) atoms. The molecule has 0 aliphatic carbocycles. The molecule has 1 saturated heterocycles. The first-order valence-electron chi connectivity index (χ1n) is 5.59. The number of aliphatic hydroxyl groups excluding tert-OH is 1. The zero-order valence-corrected chi connectivity index (χ0v) is 10.5. The minimum absolute atomic E-state index is 0.360. The van der Waals surface area contributed by atoms with Crippen LogP contribution in [0.5, 0.6) is 0 Å². The van der Waals surface area contributed by atoms with E-state index < -0.39 is 12.1 Å². The first-order valence-corrected chi connectivity index (χ1v) is 6.47. The van der Waals surface area contributed by atoms with Gasteiger partial charge in [0.25, 0.3) is 0 Å². The zero-order valence-electron chi connectivity index (χ0n) is 9.70. The highest BCUT2D eigenvalue weighted by Crippen LogP contribution is 2.22. The molecule has 94 valence electrons. The van der Waals surface area contributed by atoms with E-state index in [-0.39, 0.29) is 5.97 Å². The maximum atomic E-state index is 11.7. The van der Waals surface area contributed by atoms with Crippen molar-refractivity contribution in [2.24, 2.45) is 0 Å². The molecule has 1 fully saturated rings. The number of hydrogen-bond acceptors (Lipinski definition) is 6. The van der Waals surface area contributed by atoms with Crippen LogP contribution in [0, 0.1) is 0 Å². The van der Waals surface area contributed by atoms with Crippen molar-refractivity contribution < 1.29 is 14.6 Å². The Labute approximate surface area is 104 Å². The summed E-state index contributed by atoms with van der Waals surface area (Å²) in [6, 6.07) is -0.546. The highest BCUT2D eigenvalue weighted by Gasteiger charge is 2.36. The SMILES string of the molecule is COC(=O)[C@@H]1[C@@H](O)CCCN1Cc1cncs1. The summed E-state index contributed by atoms with van der Waals surface area (Å²) in [4.78, 5) is 18.7. The van der Waals surface area contributed by atoms with Crippen LogP contribution < -0.4 is 0 Å². The molecule has 0 radical (unpaired) electrons. The Morgan fingerprint density at radius 1 is 1.76 bits per heavy atom. The van der Waals surface area contributed by atoms with Gasteiger partial charge in [-0.2, -0.15) is 0 Å². The number of methoxy groups -OCH3 is 1. The Morgan fingerprint density at radius 3 is 3.24 bits per heavy atom. The summed E-state index contributed by atoms with van der Waals surface area (Å²) in [6.07, 6.45) is 2.70. The average Bonchev–Trinajstić information content (AvgIpc) is 2.81. The van der Waals surface area contributed by atoms with Crippen LogP contribution in [0.25, 0.3) is 0 Å². The van der Waals surface area contributed by atoms with Gasteiger partial charge in [-0.25, -0.2) is 0 Å². The number of carbonyl (C=O) groups excluding carboxylic acids is 1. The highest BCUT2D eigenvalue weighted by molar-refractivity contribution is 7.09. The van der Waals surface area contributed by atoms with Crippen molar-refractivity contribution in [3.05, 3.63) is 16.6 Å². The summed E-state index contributed by atoms with van der Waals surface area (Å²) in [5.74, 6) is -0.360. The standard InChI is InChI=1S/C11H16N2O3S/c1-16-11(15)10-9(14)3-2-4-13(10)6-8-5-12-7-17-8/h5,7,9-10,14H,2-4,6H2,1H3/t9-,10-/m0/s1. The van der Waals surface area contributed by atoms with Crippen molar-refractivity contribution >= 4 is 17.3 Å². The number of piperidine rings is 1. The van der Waals surface area contributed by atoms with Crippen molar-refractivity contribution in [2.45, 2.75) is 31.5 Å². The quantitative estimate of drug-likeness (QED) is 0.804. The number of thiazole rings is 1. The first kappa shape index (κ1) is 12.5. The van der Waals surface area contributed by atoms with E-state index >= 15 is 0 Å². The van der Waals surface area contributed by atoms with E-state index in [9.17, 15) is 9.90 Å². The van der Waals surface area contributed by atoms with Crippen molar-refractivity contribution in [3.8, 4) is 0 Å². The van der Waals surface area contributed by atoms with Gasteiger partial charge in [0.2, 0.25) is 0 Å². The second kappa shape index (κ2) is 5.57. The van der Waals surface area contributed by atoms with Crippen LogP contribution in [0.3, 0.4) is 0 Å². The molecule has 1 aliphatic rings. The molecule has 0 spiro atoms. The molecule has 0 amide bonds. The molecule has 0 aromatic carbocycles. The number of hydrogen-bond donors (Lipinski definition) is 1. The van der Waals surface area contributed by atoms with Gasteiger partial charge >= 0.3 is 5.97 Å². The van der Waals surface area contributed by atoms with Gasteiger partial charge in [0.05, 0.1) is 18.7 Å². The topological polar surface area (TPSA) is 62.7 Å². The Balaban J connectivity index is 2.09. The lowest BCUT2D eigenvalue weighted by Gasteiger charge is -2.36. The monoisotopic (exact) mass is 256 g/mol. The van der Waals surface area contributed by atoms with Gasteiger partial charge in [0.15, 0.2) is 0 Å². The van der Waals surface area contributed by atoms with Gasteiger partial charge in [0, 0.05) is 17.6 Å². The molecular weight excluding hydrogens is 240 g/mol. The lowest BCUT2D eigenvalue weighted by Crippen LogP contribution is -2.52. The predicted octanol–water partition coefficient (Wildman–Crippen LogP) is 0.641. The number of carbonyl (C=O) groups is 1. The molecule has 1 aromatic heterocycles. The third-order valence-corrected chi connectivity index (χ3v) is 3.75. The van der Waals surface area contributed by atoms with E-state index in [4.69, 9.17) is 4.74 Å². The molecular formula is C11H16N2O3S. The van der Waals surface area contributed by atoms with Gasteiger partial charge in [-0.1, -0.05) is 0 Å². The van der Waals surface area contributed by atoms with Crippen LogP contribution in [0.15, 0.2) is 11.7 Å². The summed E-state index contributed by atoms with van der Waals surface area (Å²) < 4.78 is 4.76. The number of aliphatic hydroxyl groups is 1. The maximum Gasteiger partial charge on any atom is 0.325 e. The molecule has 1 aliphatic heterocycles. The van der Waals surface area contributed by atoms with Crippen LogP contribution in [-0.2, 0) is 16.1 Å². The van der Waals surface area contributed by atoms with Crippen molar-refractivity contribution in [1.82, 2.24) is 9.88 Å². The summed E-state index contributed by atoms with van der Waals surface area (Å²) in [5, 5.41) is 9.91. The number of nitrogens with zero attached hydrogens (tertiary/aromatic N) is 2. The van der Waals surface area contributed by atoms with Crippen LogP contribution in [0.2, 0.25) is 0 Å². The Hall–Kier alpha value is -0.980. The molecule has 0 saturated carbocycles. The summed E-state index contributed by atoms with van der Waals surface area (Å²) in [5.41, 5.74) is 1.77. The van der Waals surface area contributed by atoms with Crippen LogP contribution >= 0.6 is 11.3 Å². The summed E-state index contributed by atoms with van der Waals surface area (Å²) in [7, 11) is 1.36. The van der Waals surface area contributed by atoms with E-state index in [1.165, 1.54) is 7.11 Å². The predicted molar refractivity (Wildman–Crippen MR) is 63.6 cm³/mol. The largest absolute Gasteiger partial charge is 0.468 e. The van der Waals surface area contributed by atoms with E-state index in [1.54, 1.807) is 23.0 Å². The first-order chi connectivity index (χ1) is 8.22. The second-order valence-corrected chi connectivity index (χ2v) is 5.09. The smallest absolute Gasteiger partial charge is 0.325 e. The molecule has 2 heterocycles. The van der Waals surface area contributed by atoms with Gasteiger partial charge in [0.1, 0.15) is 6.04 Å². The third kappa shape index (κ3) is 2.83. The zero-order chi connectivity index (χ0) is 12.3. The minimum Gasteiger partial charge on any atom is -0.468 e. The second-order valence-electron chi connectivity index (χ2n) is 4.12. The van der Waals surface area contributed by atoms with Gasteiger partial charge in [-0.3, -0.25) is 14.7 Å². The maximum absolute atomic E-state index is 11.7. The summed E-state index contributed by atoms with van der Waals surface area (Å²) in [6.45, 7) is 1.44. The molecule has 2 rings (SSSR count). The lowest BCUT2D eigenvalue weighted by atomic mass is 9.99. The summed E-state index contributed by atoms with van der Waals surface area (Å²) >= 11 is 1.55. The lowest BCUT2D eigenvalue weighted by molar-refractivity contribution is -0.154. The number of likely N-dealkylation sites (tertiary alicyclic amines) is 1.